The number of halogens is 1. The van der Waals surface area contributed by atoms with Gasteiger partial charge in [0.05, 0.1) is 6.07 Å². The Kier molecular flexibility index (Phi) is 4.39. The smallest absolute Gasteiger partial charge is 0.220 e. The molecule has 1 aromatic heterocycles. The number of Topliss-reactive ketones (excluding diaryl/α,β-unsaturated/α-hetero) is 1. The predicted molar refractivity (Wildman–Crippen MR) is 86.8 cm³/mol. The van der Waals surface area contributed by atoms with Crippen molar-refractivity contribution in [3.8, 4) is 6.07 Å². The summed E-state index contributed by atoms with van der Waals surface area (Å²) in [4.78, 5) is 16.7. The standard InChI is InChI=1S/C19H15FN2O2/c1-12(13-6-2-3-7-15(13)20)10-17(23)14(11-21)19-22-16-8-4-5-9-18(16)24-19/h2-9,12,14H,10H2,1H3/t12-,14+/m1/s1. The fraction of sp³-hybridized carbons (Fsp3) is 0.211. The number of ketones is 1. The molecule has 2 aromatic carbocycles. The number of fused-ring (bicyclic) bond motifs is 1. The molecule has 0 aliphatic carbocycles. The van der Waals surface area contributed by atoms with Crippen molar-refractivity contribution >= 4 is 16.9 Å². The Morgan fingerprint density at radius 2 is 1.96 bits per heavy atom. The summed E-state index contributed by atoms with van der Waals surface area (Å²) < 4.78 is 19.4. The first-order valence-corrected chi connectivity index (χ1v) is 7.62. The lowest BCUT2D eigenvalue weighted by Crippen LogP contribution is -2.14. The molecule has 0 saturated carbocycles. The minimum atomic E-state index is -1.09. The zero-order valence-corrected chi connectivity index (χ0v) is 13.1. The SMILES string of the molecule is C[C@H](CC(=O)[C@H](C#N)c1nc2ccccc2o1)c1ccccc1F. The van der Waals surface area contributed by atoms with Gasteiger partial charge in [0.2, 0.25) is 5.89 Å². The summed E-state index contributed by atoms with van der Waals surface area (Å²) in [5, 5.41) is 9.37. The van der Waals surface area contributed by atoms with Gasteiger partial charge in [0, 0.05) is 6.42 Å². The van der Waals surface area contributed by atoms with E-state index >= 15 is 0 Å². The molecule has 0 saturated heterocycles. The summed E-state index contributed by atoms with van der Waals surface area (Å²) in [6.45, 7) is 1.76. The highest BCUT2D eigenvalue weighted by Gasteiger charge is 2.27. The largest absolute Gasteiger partial charge is 0.439 e. The Hall–Kier alpha value is -3.00. The molecule has 4 nitrogen and oxygen atoms in total. The summed E-state index contributed by atoms with van der Waals surface area (Å²) in [7, 11) is 0. The molecule has 0 radical (unpaired) electrons. The molecule has 120 valence electrons. The topological polar surface area (TPSA) is 66.9 Å². The molecule has 1 heterocycles. The van der Waals surface area contributed by atoms with Crippen LogP contribution in [0.3, 0.4) is 0 Å². The van der Waals surface area contributed by atoms with E-state index in [1.807, 2.05) is 6.07 Å². The van der Waals surface area contributed by atoms with E-state index < -0.39 is 5.92 Å². The van der Waals surface area contributed by atoms with Crippen molar-refractivity contribution in [1.82, 2.24) is 4.98 Å². The Bertz CT molecular complexity index is 893. The van der Waals surface area contributed by atoms with Crippen molar-refractivity contribution in [3.05, 3.63) is 65.8 Å². The lowest BCUT2D eigenvalue weighted by Gasteiger charge is -2.13. The molecule has 0 bridgehead atoms. The van der Waals surface area contributed by atoms with Gasteiger partial charge < -0.3 is 4.42 Å². The summed E-state index contributed by atoms with van der Waals surface area (Å²) >= 11 is 0. The lowest BCUT2D eigenvalue weighted by molar-refractivity contribution is -0.120. The van der Waals surface area contributed by atoms with Crippen molar-refractivity contribution in [3.63, 3.8) is 0 Å². The highest BCUT2D eigenvalue weighted by Crippen LogP contribution is 2.27. The molecule has 3 rings (SSSR count). The molecule has 0 N–H and O–H groups in total. The van der Waals surface area contributed by atoms with Gasteiger partial charge in [0.1, 0.15) is 11.3 Å². The molecular weight excluding hydrogens is 307 g/mol. The molecule has 3 aromatic rings. The lowest BCUT2D eigenvalue weighted by atomic mass is 9.91. The van der Waals surface area contributed by atoms with Gasteiger partial charge in [0.15, 0.2) is 17.3 Å². The van der Waals surface area contributed by atoms with Crippen molar-refractivity contribution in [2.75, 3.05) is 0 Å². The maximum atomic E-state index is 13.8. The minimum Gasteiger partial charge on any atom is -0.439 e. The first kappa shape index (κ1) is 15.9. The molecule has 5 heteroatoms. The second-order valence-corrected chi connectivity index (χ2v) is 5.67. The fourth-order valence-electron chi connectivity index (χ4n) is 2.68. The van der Waals surface area contributed by atoms with Crippen LogP contribution >= 0.6 is 0 Å². The van der Waals surface area contributed by atoms with Crippen LogP contribution in [0.4, 0.5) is 4.39 Å². The second kappa shape index (κ2) is 6.63. The highest BCUT2D eigenvalue weighted by atomic mass is 19.1. The molecule has 0 unspecified atom stereocenters. The van der Waals surface area contributed by atoms with E-state index in [1.165, 1.54) is 6.07 Å². The summed E-state index contributed by atoms with van der Waals surface area (Å²) in [5.41, 5.74) is 1.59. The minimum absolute atomic E-state index is 0.0396. The molecule has 0 spiro atoms. The average molecular weight is 322 g/mol. The van der Waals surface area contributed by atoms with E-state index in [0.717, 1.165) is 0 Å². The van der Waals surface area contributed by atoms with Gasteiger partial charge in [-0.1, -0.05) is 37.3 Å². The van der Waals surface area contributed by atoms with E-state index in [2.05, 4.69) is 4.98 Å². The Morgan fingerprint density at radius 1 is 1.25 bits per heavy atom. The van der Waals surface area contributed by atoms with Gasteiger partial charge in [-0.3, -0.25) is 4.79 Å². The van der Waals surface area contributed by atoms with Crippen LogP contribution in [0, 0.1) is 17.1 Å². The predicted octanol–water partition coefficient (Wildman–Crippen LogP) is 4.34. The molecular formula is C19H15FN2O2. The number of oxazole rings is 1. The second-order valence-electron chi connectivity index (χ2n) is 5.67. The van der Waals surface area contributed by atoms with Gasteiger partial charge in [0.25, 0.3) is 0 Å². The van der Waals surface area contributed by atoms with Gasteiger partial charge in [-0.2, -0.15) is 5.26 Å². The summed E-state index contributed by atoms with van der Waals surface area (Å²) in [5.74, 6) is -2.03. The van der Waals surface area contributed by atoms with E-state index in [4.69, 9.17) is 4.42 Å². The van der Waals surface area contributed by atoms with Crippen molar-refractivity contribution in [2.45, 2.75) is 25.2 Å². The van der Waals surface area contributed by atoms with Crippen LogP contribution in [-0.4, -0.2) is 10.8 Å². The number of hydrogen-bond donors (Lipinski definition) is 0. The third-order valence-electron chi connectivity index (χ3n) is 3.95. The Morgan fingerprint density at radius 3 is 2.67 bits per heavy atom. The Balaban J connectivity index is 1.82. The van der Waals surface area contributed by atoms with Gasteiger partial charge in [-0.15, -0.1) is 0 Å². The van der Waals surface area contributed by atoms with Crippen molar-refractivity contribution < 1.29 is 13.6 Å². The first-order chi connectivity index (χ1) is 11.6. The summed E-state index contributed by atoms with van der Waals surface area (Å²) in [6, 6.07) is 15.4. The van der Waals surface area contributed by atoms with Crippen LogP contribution in [-0.2, 0) is 4.79 Å². The van der Waals surface area contributed by atoms with Gasteiger partial charge >= 0.3 is 0 Å². The molecule has 2 atom stereocenters. The van der Waals surface area contributed by atoms with Crippen molar-refractivity contribution in [1.29, 1.82) is 5.26 Å². The van der Waals surface area contributed by atoms with E-state index in [0.29, 0.717) is 16.7 Å². The maximum Gasteiger partial charge on any atom is 0.220 e. The number of aromatic nitrogens is 1. The molecule has 24 heavy (non-hydrogen) atoms. The Labute approximate surface area is 138 Å². The zero-order chi connectivity index (χ0) is 17.1. The van der Waals surface area contributed by atoms with Crippen LogP contribution in [0.25, 0.3) is 11.1 Å². The number of nitriles is 1. The highest BCUT2D eigenvalue weighted by molar-refractivity contribution is 5.88. The molecule has 0 fully saturated rings. The van der Waals surface area contributed by atoms with Crippen LogP contribution in [0.1, 0.15) is 36.6 Å². The van der Waals surface area contributed by atoms with Crippen LogP contribution < -0.4 is 0 Å². The van der Waals surface area contributed by atoms with Crippen LogP contribution in [0.5, 0.6) is 0 Å². The number of benzene rings is 2. The average Bonchev–Trinajstić information content (AvgIpc) is 2.99. The maximum absolute atomic E-state index is 13.8. The number of rotatable bonds is 5. The van der Waals surface area contributed by atoms with Crippen LogP contribution in [0.2, 0.25) is 0 Å². The van der Waals surface area contributed by atoms with Crippen molar-refractivity contribution in [2.24, 2.45) is 0 Å². The molecule has 0 amide bonds. The number of para-hydroxylation sites is 2. The molecule has 0 aliphatic rings. The van der Waals surface area contributed by atoms with E-state index in [-0.39, 0.29) is 29.8 Å². The van der Waals surface area contributed by atoms with E-state index in [1.54, 1.807) is 49.4 Å². The number of carbonyl (C=O) groups is 1. The monoisotopic (exact) mass is 322 g/mol. The normalized spacial score (nSPS) is 13.4. The van der Waals surface area contributed by atoms with Gasteiger partial charge in [-0.25, -0.2) is 9.37 Å². The fourth-order valence-corrected chi connectivity index (χ4v) is 2.68. The third kappa shape index (κ3) is 3.04. The van der Waals surface area contributed by atoms with E-state index in [9.17, 15) is 14.4 Å². The number of nitrogens with zero attached hydrogens (tertiary/aromatic N) is 2. The first-order valence-electron chi connectivity index (χ1n) is 7.62. The third-order valence-corrected chi connectivity index (χ3v) is 3.95. The zero-order valence-electron chi connectivity index (χ0n) is 13.1. The van der Waals surface area contributed by atoms with Gasteiger partial charge in [-0.05, 0) is 29.7 Å². The summed E-state index contributed by atoms with van der Waals surface area (Å²) in [6.07, 6.45) is 0.0396. The number of hydrogen-bond acceptors (Lipinski definition) is 4. The quantitative estimate of drug-likeness (QED) is 0.701. The van der Waals surface area contributed by atoms with Crippen LogP contribution in [0.15, 0.2) is 52.9 Å². The molecule has 0 aliphatic heterocycles. The number of carbonyl (C=O) groups excluding carboxylic acids is 1.